The topological polar surface area (TPSA) is 0 Å². The van der Waals surface area contributed by atoms with E-state index in [1.165, 1.54) is 18.4 Å². The molecule has 2 atom stereocenters. The maximum absolute atomic E-state index is 4.28. The number of hydrogen-bond acceptors (Lipinski definition) is 0. The van der Waals surface area contributed by atoms with Gasteiger partial charge in [0, 0.05) is 0 Å². The fourth-order valence-corrected chi connectivity index (χ4v) is 1.99. The summed E-state index contributed by atoms with van der Waals surface area (Å²) in [6, 6.07) is 0. The summed E-state index contributed by atoms with van der Waals surface area (Å²) in [5.41, 5.74) is 1.45. The van der Waals surface area contributed by atoms with Gasteiger partial charge in [-0.1, -0.05) is 60.1 Å². The summed E-state index contributed by atoms with van der Waals surface area (Å²) in [5, 5.41) is 0. The molecule has 0 radical (unpaired) electrons. The van der Waals surface area contributed by atoms with Gasteiger partial charge in [-0.2, -0.15) is 0 Å². The molecule has 0 aliphatic carbocycles. The van der Waals surface area contributed by atoms with Crippen molar-refractivity contribution >= 4 is 0 Å². The summed E-state index contributed by atoms with van der Waals surface area (Å²) >= 11 is 0. The molecule has 0 heteroatoms. The van der Waals surface area contributed by atoms with Gasteiger partial charge in [-0.15, -0.1) is 0 Å². The van der Waals surface area contributed by atoms with Crippen LogP contribution >= 0.6 is 0 Å². The van der Waals surface area contributed by atoms with E-state index in [2.05, 4.69) is 48.1 Å². The first-order valence-corrected chi connectivity index (χ1v) is 6.10. The SMILES string of the molecule is C=C(C(C)C)C(CCC)C(C)C(C)C. The highest BCUT2D eigenvalue weighted by Gasteiger charge is 2.23. The lowest BCUT2D eigenvalue weighted by Crippen LogP contribution is -2.21. The maximum atomic E-state index is 4.28. The van der Waals surface area contributed by atoms with Crippen LogP contribution in [-0.2, 0) is 0 Å². The van der Waals surface area contributed by atoms with Crippen LogP contribution in [-0.4, -0.2) is 0 Å². The molecule has 0 aliphatic heterocycles. The highest BCUT2D eigenvalue weighted by Crippen LogP contribution is 2.33. The predicted octanol–water partition coefficient (Wildman–Crippen LogP) is 4.91. The third kappa shape index (κ3) is 3.86. The molecule has 0 N–H and O–H groups in total. The standard InChI is InChI=1S/C14H28/c1-8-9-14(12(6)10(2)3)13(7)11(4)5/h10-11,13-14H,6,8-9H2,1-5,7H3. The van der Waals surface area contributed by atoms with Crippen LogP contribution in [0.25, 0.3) is 0 Å². The van der Waals surface area contributed by atoms with Crippen molar-refractivity contribution in [2.24, 2.45) is 23.7 Å². The summed E-state index contributed by atoms with van der Waals surface area (Å²) in [6.07, 6.45) is 2.57. The molecule has 0 saturated carbocycles. The van der Waals surface area contributed by atoms with Crippen LogP contribution in [0.4, 0.5) is 0 Å². The van der Waals surface area contributed by atoms with Gasteiger partial charge < -0.3 is 0 Å². The van der Waals surface area contributed by atoms with Crippen molar-refractivity contribution in [1.82, 2.24) is 0 Å². The van der Waals surface area contributed by atoms with E-state index in [-0.39, 0.29) is 0 Å². The zero-order chi connectivity index (χ0) is 11.3. The molecule has 0 amide bonds. The lowest BCUT2D eigenvalue weighted by Gasteiger charge is -2.30. The van der Waals surface area contributed by atoms with E-state index in [1.807, 2.05) is 0 Å². The molecule has 84 valence electrons. The smallest absolute Gasteiger partial charge is 0.0175 e. The van der Waals surface area contributed by atoms with Gasteiger partial charge in [-0.05, 0) is 30.1 Å². The summed E-state index contributed by atoms with van der Waals surface area (Å²) in [5.74, 6) is 2.89. The average Bonchev–Trinajstić information content (AvgIpc) is 2.11. The molecular formula is C14H28. The zero-order valence-electron chi connectivity index (χ0n) is 10.9. The molecule has 0 fully saturated rings. The first-order chi connectivity index (χ1) is 6.41. The van der Waals surface area contributed by atoms with E-state index in [0.717, 1.165) is 17.8 Å². The van der Waals surface area contributed by atoms with Crippen LogP contribution in [0.2, 0.25) is 0 Å². The van der Waals surface area contributed by atoms with Gasteiger partial charge in [0.15, 0.2) is 0 Å². The monoisotopic (exact) mass is 196 g/mol. The fourth-order valence-electron chi connectivity index (χ4n) is 1.99. The van der Waals surface area contributed by atoms with Gasteiger partial charge >= 0.3 is 0 Å². The van der Waals surface area contributed by atoms with Gasteiger partial charge in [-0.25, -0.2) is 0 Å². The third-order valence-electron chi connectivity index (χ3n) is 3.50. The van der Waals surface area contributed by atoms with Gasteiger partial charge in [-0.3, -0.25) is 0 Å². The molecule has 0 aliphatic rings. The van der Waals surface area contributed by atoms with E-state index in [1.54, 1.807) is 0 Å². The Labute approximate surface area is 90.8 Å². The summed E-state index contributed by atoms with van der Waals surface area (Å²) in [6.45, 7) is 18.1. The first kappa shape index (κ1) is 13.7. The van der Waals surface area contributed by atoms with Crippen LogP contribution in [0.1, 0.15) is 54.4 Å². The van der Waals surface area contributed by atoms with Gasteiger partial charge in [0.05, 0.1) is 0 Å². The third-order valence-corrected chi connectivity index (χ3v) is 3.50. The van der Waals surface area contributed by atoms with E-state index in [4.69, 9.17) is 0 Å². The second-order valence-electron chi connectivity index (χ2n) is 5.23. The average molecular weight is 196 g/mol. The Bertz CT molecular complexity index is 165. The zero-order valence-corrected chi connectivity index (χ0v) is 10.9. The number of rotatable bonds is 6. The lowest BCUT2D eigenvalue weighted by atomic mass is 9.75. The van der Waals surface area contributed by atoms with Crippen molar-refractivity contribution in [1.29, 1.82) is 0 Å². The Morgan fingerprint density at radius 3 is 1.86 bits per heavy atom. The van der Waals surface area contributed by atoms with Crippen LogP contribution in [0.5, 0.6) is 0 Å². The van der Waals surface area contributed by atoms with Crippen molar-refractivity contribution in [3.63, 3.8) is 0 Å². The van der Waals surface area contributed by atoms with Crippen LogP contribution in [0, 0.1) is 23.7 Å². The normalized spacial score (nSPS) is 16.0. The summed E-state index contributed by atoms with van der Waals surface area (Å²) in [4.78, 5) is 0. The molecule has 0 spiro atoms. The van der Waals surface area contributed by atoms with Gasteiger partial charge in [0.25, 0.3) is 0 Å². The first-order valence-electron chi connectivity index (χ1n) is 6.10. The molecule has 2 unspecified atom stereocenters. The second kappa shape index (κ2) is 6.27. The lowest BCUT2D eigenvalue weighted by molar-refractivity contribution is 0.283. The molecule has 0 heterocycles. The minimum Gasteiger partial charge on any atom is -0.0993 e. The largest absolute Gasteiger partial charge is 0.0993 e. The highest BCUT2D eigenvalue weighted by molar-refractivity contribution is 5.05. The Balaban J connectivity index is 4.50. The van der Waals surface area contributed by atoms with Crippen molar-refractivity contribution < 1.29 is 0 Å². The Hall–Kier alpha value is -0.260. The molecule has 0 saturated heterocycles. The predicted molar refractivity (Wildman–Crippen MR) is 66.4 cm³/mol. The Morgan fingerprint density at radius 1 is 1.07 bits per heavy atom. The second-order valence-corrected chi connectivity index (χ2v) is 5.23. The molecule has 14 heavy (non-hydrogen) atoms. The van der Waals surface area contributed by atoms with E-state index >= 15 is 0 Å². The summed E-state index contributed by atoms with van der Waals surface area (Å²) < 4.78 is 0. The van der Waals surface area contributed by atoms with E-state index in [9.17, 15) is 0 Å². The Morgan fingerprint density at radius 2 is 1.57 bits per heavy atom. The number of hydrogen-bond donors (Lipinski definition) is 0. The van der Waals surface area contributed by atoms with Crippen molar-refractivity contribution in [3.05, 3.63) is 12.2 Å². The van der Waals surface area contributed by atoms with Crippen molar-refractivity contribution in [2.75, 3.05) is 0 Å². The molecular weight excluding hydrogens is 168 g/mol. The van der Waals surface area contributed by atoms with Crippen molar-refractivity contribution in [3.8, 4) is 0 Å². The molecule has 0 aromatic carbocycles. The highest BCUT2D eigenvalue weighted by atomic mass is 14.3. The minimum absolute atomic E-state index is 0.632. The fraction of sp³-hybridized carbons (Fsp3) is 0.857. The molecule has 0 aromatic rings. The van der Waals surface area contributed by atoms with E-state index < -0.39 is 0 Å². The van der Waals surface area contributed by atoms with Crippen LogP contribution in [0.15, 0.2) is 12.2 Å². The van der Waals surface area contributed by atoms with Gasteiger partial charge in [0.1, 0.15) is 0 Å². The van der Waals surface area contributed by atoms with Crippen LogP contribution < -0.4 is 0 Å². The molecule has 0 aromatic heterocycles. The maximum Gasteiger partial charge on any atom is -0.0175 e. The molecule has 0 nitrogen and oxygen atoms in total. The quantitative estimate of drug-likeness (QED) is 0.530. The number of allylic oxidation sites excluding steroid dienone is 1. The molecule has 0 bridgehead atoms. The minimum atomic E-state index is 0.632. The van der Waals surface area contributed by atoms with Gasteiger partial charge in [0.2, 0.25) is 0 Å². The van der Waals surface area contributed by atoms with Crippen LogP contribution in [0.3, 0.4) is 0 Å². The van der Waals surface area contributed by atoms with E-state index in [0.29, 0.717) is 5.92 Å². The molecule has 0 rings (SSSR count). The summed E-state index contributed by atoms with van der Waals surface area (Å²) in [7, 11) is 0. The Kier molecular flexibility index (Phi) is 6.15. The van der Waals surface area contributed by atoms with Crippen molar-refractivity contribution in [2.45, 2.75) is 54.4 Å².